The summed E-state index contributed by atoms with van der Waals surface area (Å²) in [7, 11) is 4.10. The van der Waals surface area contributed by atoms with Crippen molar-refractivity contribution in [1.29, 1.82) is 5.26 Å². The zero-order valence-corrected chi connectivity index (χ0v) is 11.5. The van der Waals surface area contributed by atoms with Crippen LogP contribution in [0.1, 0.15) is 36.1 Å². The summed E-state index contributed by atoms with van der Waals surface area (Å²) in [5, 5.41) is 9.29. The quantitative estimate of drug-likeness (QED) is 0.792. The highest BCUT2D eigenvalue weighted by Gasteiger charge is 2.25. The average Bonchev–Trinajstić information content (AvgIpc) is 2.29. The standard InChI is InChI=1S/C15H22N2/c1-6-13(10-16)15(17(4)5)14-9-11(2)7-8-12(14)3/h7-9,13,15H,6H2,1-5H3. The third kappa shape index (κ3) is 3.08. The van der Waals surface area contributed by atoms with Gasteiger partial charge in [0, 0.05) is 0 Å². The summed E-state index contributed by atoms with van der Waals surface area (Å²) in [4.78, 5) is 2.15. The van der Waals surface area contributed by atoms with Gasteiger partial charge < -0.3 is 4.90 Å². The monoisotopic (exact) mass is 230 g/mol. The van der Waals surface area contributed by atoms with E-state index in [4.69, 9.17) is 0 Å². The summed E-state index contributed by atoms with van der Waals surface area (Å²) >= 11 is 0. The Labute approximate surface area is 105 Å². The lowest BCUT2D eigenvalue weighted by Gasteiger charge is -2.29. The van der Waals surface area contributed by atoms with Gasteiger partial charge in [-0.15, -0.1) is 0 Å². The van der Waals surface area contributed by atoms with Crippen LogP contribution >= 0.6 is 0 Å². The highest BCUT2D eigenvalue weighted by Crippen LogP contribution is 2.31. The first-order valence-electron chi connectivity index (χ1n) is 6.14. The Balaban J connectivity index is 3.23. The molecule has 0 saturated carbocycles. The van der Waals surface area contributed by atoms with Crippen LogP contribution in [0.3, 0.4) is 0 Å². The summed E-state index contributed by atoms with van der Waals surface area (Å²) in [6.07, 6.45) is 0.882. The summed E-state index contributed by atoms with van der Waals surface area (Å²) in [6.45, 7) is 6.30. The molecule has 2 nitrogen and oxygen atoms in total. The molecule has 0 spiro atoms. The van der Waals surface area contributed by atoms with Crippen molar-refractivity contribution < 1.29 is 0 Å². The maximum Gasteiger partial charge on any atom is 0.0675 e. The van der Waals surface area contributed by atoms with Crippen molar-refractivity contribution in [1.82, 2.24) is 4.90 Å². The zero-order valence-electron chi connectivity index (χ0n) is 11.5. The van der Waals surface area contributed by atoms with Crippen molar-refractivity contribution in [2.24, 2.45) is 5.92 Å². The van der Waals surface area contributed by atoms with Crippen molar-refractivity contribution >= 4 is 0 Å². The molecule has 0 amide bonds. The maximum absolute atomic E-state index is 9.29. The summed E-state index contributed by atoms with van der Waals surface area (Å²) in [5.74, 6) is 0.0468. The Morgan fingerprint density at radius 2 is 1.94 bits per heavy atom. The third-order valence-electron chi connectivity index (χ3n) is 3.30. The van der Waals surface area contributed by atoms with E-state index in [-0.39, 0.29) is 12.0 Å². The Kier molecular flexibility index (Phi) is 4.72. The normalized spacial score (nSPS) is 14.4. The first-order valence-corrected chi connectivity index (χ1v) is 6.14. The molecule has 0 aliphatic rings. The lowest BCUT2D eigenvalue weighted by molar-refractivity contribution is 0.240. The van der Waals surface area contributed by atoms with Crippen molar-refractivity contribution in [3.05, 3.63) is 34.9 Å². The molecular formula is C15H22N2. The van der Waals surface area contributed by atoms with Crippen LogP contribution in [-0.2, 0) is 0 Å². The molecule has 1 aromatic carbocycles. The number of aryl methyl sites for hydroxylation is 2. The molecule has 2 unspecified atom stereocenters. The molecule has 0 heterocycles. The van der Waals surface area contributed by atoms with Crippen LogP contribution in [0.4, 0.5) is 0 Å². The fraction of sp³-hybridized carbons (Fsp3) is 0.533. The van der Waals surface area contributed by atoms with E-state index in [1.54, 1.807) is 0 Å². The van der Waals surface area contributed by atoms with E-state index in [2.05, 4.69) is 49.9 Å². The Bertz CT molecular complexity index is 415. The van der Waals surface area contributed by atoms with Gasteiger partial charge in [-0.25, -0.2) is 0 Å². The van der Waals surface area contributed by atoms with E-state index >= 15 is 0 Å². The topological polar surface area (TPSA) is 27.0 Å². The molecule has 17 heavy (non-hydrogen) atoms. The number of hydrogen-bond acceptors (Lipinski definition) is 2. The fourth-order valence-electron chi connectivity index (χ4n) is 2.32. The van der Waals surface area contributed by atoms with Gasteiger partial charge in [-0.3, -0.25) is 0 Å². The van der Waals surface area contributed by atoms with E-state index in [0.717, 1.165) is 6.42 Å². The number of nitriles is 1. The molecule has 0 bridgehead atoms. The molecule has 2 atom stereocenters. The average molecular weight is 230 g/mol. The van der Waals surface area contributed by atoms with Gasteiger partial charge in [0.05, 0.1) is 18.0 Å². The van der Waals surface area contributed by atoms with Crippen molar-refractivity contribution in [2.75, 3.05) is 14.1 Å². The van der Waals surface area contributed by atoms with Gasteiger partial charge in [0.2, 0.25) is 0 Å². The maximum atomic E-state index is 9.29. The van der Waals surface area contributed by atoms with Gasteiger partial charge in [-0.05, 0) is 45.5 Å². The molecule has 0 aliphatic carbocycles. The highest BCUT2D eigenvalue weighted by atomic mass is 15.1. The molecule has 2 heteroatoms. The smallest absolute Gasteiger partial charge is 0.0675 e. The number of benzene rings is 1. The summed E-state index contributed by atoms with van der Waals surface area (Å²) in [5.41, 5.74) is 3.80. The molecule has 1 rings (SSSR count). The van der Waals surface area contributed by atoms with Gasteiger partial charge in [0.15, 0.2) is 0 Å². The van der Waals surface area contributed by atoms with Crippen molar-refractivity contribution in [2.45, 2.75) is 33.2 Å². The summed E-state index contributed by atoms with van der Waals surface area (Å²) in [6, 6.07) is 9.10. The summed E-state index contributed by atoms with van der Waals surface area (Å²) < 4.78 is 0. The van der Waals surface area contributed by atoms with Crippen LogP contribution in [0.2, 0.25) is 0 Å². The highest BCUT2D eigenvalue weighted by molar-refractivity contribution is 5.34. The van der Waals surface area contributed by atoms with Crippen molar-refractivity contribution in [3.63, 3.8) is 0 Å². The lowest BCUT2D eigenvalue weighted by atomic mass is 9.88. The Morgan fingerprint density at radius 3 is 2.41 bits per heavy atom. The molecular weight excluding hydrogens is 208 g/mol. The van der Waals surface area contributed by atoms with E-state index in [0.29, 0.717) is 0 Å². The first-order chi connectivity index (χ1) is 8.01. The second kappa shape index (κ2) is 5.84. The predicted octanol–water partition coefficient (Wildman–Crippen LogP) is 3.46. The molecule has 0 fully saturated rings. The van der Waals surface area contributed by atoms with Crippen LogP contribution in [0.25, 0.3) is 0 Å². The zero-order chi connectivity index (χ0) is 13.0. The van der Waals surface area contributed by atoms with Crippen LogP contribution in [-0.4, -0.2) is 19.0 Å². The molecule has 0 radical (unpaired) electrons. The van der Waals surface area contributed by atoms with E-state index in [1.165, 1.54) is 16.7 Å². The SMILES string of the molecule is CCC(C#N)C(c1cc(C)ccc1C)N(C)C. The minimum Gasteiger partial charge on any atom is -0.301 e. The predicted molar refractivity (Wildman–Crippen MR) is 71.7 cm³/mol. The van der Waals surface area contributed by atoms with Crippen LogP contribution in [0.5, 0.6) is 0 Å². The second-order valence-electron chi connectivity index (χ2n) is 4.91. The number of nitrogens with zero attached hydrogens (tertiary/aromatic N) is 2. The van der Waals surface area contributed by atoms with Gasteiger partial charge >= 0.3 is 0 Å². The van der Waals surface area contributed by atoms with E-state index < -0.39 is 0 Å². The number of rotatable bonds is 4. The lowest BCUT2D eigenvalue weighted by Crippen LogP contribution is -2.27. The van der Waals surface area contributed by atoms with E-state index in [1.807, 2.05) is 14.1 Å². The minimum atomic E-state index is 0.0468. The van der Waals surface area contributed by atoms with Crippen LogP contribution < -0.4 is 0 Å². The van der Waals surface area contributed by atoms with Crippen molar-refractivity contribution in [3.8, 4) is 6.07 Å². The molecule has 0 aliphatic heterocycles. The third-order valence-corrected chi connectivity index (χ3v) is 3.30. The van der Waals surface area contributed by atoms with Crippen LogP contribution in [0.15, 0.2) is 18.2 Å². The Hall–Kier alpha value is -1.33. The van der Waals surface area contributed by atoms with E-state index in [9.17, 15) is 5.26 Å². The van der Waals surface area contributed by atoms with Gasteiger partial charge in [0.1, 0.15) is 0 Å². The van der Waals surface area contributed by atoms with Gasteiger partial charge in [-0.1, -0.05) is 30.7 Å². The molecule has 0 saturated heterocycles. The van der Waals surface area contributed by atoms with Gasteiger partial charge in [-0.2, -0.15) is 5.26 Å². The fourth-order valence-corrected chi connectivity index (χ4v) is 2.32. The number of hydrogen-bond donors (Lipinski definition) is 0. The minimum absolute atomic E-state index is 0.0468. The van der Waals surface area contributed by atoms with Gasteiger partial charge in [0.25, 0.3) is 0 Å². The molecule has 0 N–H and O–H groups in total. The molecule has 0 aromatic heterocycles. The van der Waals surface area contributed by atoms with Crippen LogP contribution in [0, 0.1) is 31.1 Å². The second-order valence-corrected chi connectivity index (χ2v) is 4.91. The first kappa shape index (κ1) is 13.7. The molecule has 1 aromatic rings. The Morgan fingerprint density at radius 1 is 1.29 bits per heavy atom. The molecule has 92 valence electrons. The largest absolute Gasteiger partial charge is 0.301 e.